The van der Waals surface area contributed by atoms with E-state index in [0.717, 1.165) is 24.2 Å². The Morgan fingerprint density at radius 1 is 1.41 bits per heavy atom. The van der Waals surface area contributed by atoms with Crippen LogP contribution in [0.2, 0.25) is 0 Å². The van der Waals surface area contributed by atoms with Crippen LogP contribution in [0.5, 0.6) is 0 Å². The van der Waals surface area contributed by atoms with E-state index in [9.17, 15) is 9.59 Å². The van der Waals surface area contributed by atoms with Crippen molar-refractivity contribution in [3.05, 3.63) is 27.9 Å². The van der Waals surface area contributed by atoms with E-state index in [0.29, 0.717) is 6.42 Å². The SMILES string of the molecule is COC(=O)[C@H](CC(C)C)n1cc(CCN(C)C)c(C)nc1=O. The molecule has 0 fully saturated rings. The number of aryl methyl sites for hydroxylation is 1. The average Bonchev–Trinajstić information content (AvgIpc) is 2.43. The number of methoxy groups -OCH3 is 1. The molecule has 0 aliphatic heterocycles. The van der Waals surface area contributed by atoms with Crippen molar-refractivity contribution in [3.8, 4) is 0 Å². The van der Waals surface area contributed by atoms with E-state index in [4.69, 9.17) is 4.74 Å². The monoisotopic (exact) mass is 309 g/mol. The molecule has 6 heteroatoms. The zero-order chi connectivity index (χ0) is 16.9. The predicted molar refractivity (Wildman–Crippen MR) is 86.0 cm³/mol. The lowest BCUT2D eigenvalue weighted by atomic mass is 10.0. The van der Waals surface area contributed by atoms with E-state index in [1.165, 1.54) is 11.7 Å². The zero-order valence-corrected chi connectivity index (χ0v) is 14.4. The summed E-state index contributed by atoms with van der Waals surface area (Å²) in [4.78, 5) is 30.4. The molecule has 0 aliphatic carbocycles. The van der Waals surface area contributed by atoms with Crippen molar-refractivity contribution < 1.29 is 9.53 Å². The van der Waals surface area contributed by atoms with Gasteiger partial charge in [0, 0.05) is 18.4 Å². The van der Waals surface area contributed by atoms with Crippen LogP contribution in [-0.4, -0.2) is 48.2 Å². The number of carbonyl (C=O) groups is 1. The van der Waals surface area contributed by atoms with Crippen LogP contribution in [0, 0.1) is 12.8 Å². The highest BCUT2D eigenvalue weighted by Crippen LogP contribution is 2.18. The Bertz CT molecular complexity index is 564. The van der Waals surface area contributed by atoms with Gasteiger partial charge in [-0.05, 0) is 45.3 Å². The summed E-state index contributed by atoms with van der Waals surface area (Å²) < 4.78 is 6.28. The van der Waals surface area contributed by atoms with E-state index in [2.05, 4.69) is 9.88 Å². The van der Waals surface area contributed by atoms with Gasteiger partial charge in [-0.25, -0.2) is 9.59 Å². The van der Waals surface area contributed by atoms with Crippen LogP contribution in [-0.2, 0) is 16.0 Å². The van der Waals surface area contributed by atoms with E-state index >= 15 is 0 Å². The molecule has 1 heterocycles. The number of hydrogen-bond acceptors (Lipinski definition) is 5. The van der Waals surface area contributed by atoms with Crippen molar-refractivity contribution in [2.45, 2.75) is 39.7 Å². The first-order valence-electron chi connectivity index (χ1n) is 7.57. The van der Waals surface area contributed by atoms with Crippen molar-refractivity contribution in [1.82, 2.24) is 14.5 Å². The highest BCUT2D eigenvalue weighted by atomic mass is 16.5. The summed E-state index contributed by atoms with van der Waals surface area (Å²) in [6, 6.07) is -0.622. The standard InChI is InChI=1S/C16H27N3O3/c1-11(2)9-14(15(20)22-6)19-10-13(7-8-18(4)5)12(3)17-16(19)21/h10-11,14H,7-9H2,1-6H3/t14-/m0/s1. The highest BCUT2D eigenvalue weighted by molar-refractivity contribution is 5.74. The van der Waals surface area contributed by atoms with Gasteiger partial charge in [-0.1, -0.05) is 13.8 Å². The van der Waals surface area contributed by atoms with Gasteiger partial charge in [0.25, 0.3) is 0 Å². The number of likely N-dealkylation sites (N-methyl/N-ethyl adjacent to an activating group) is 1. The maximum Gasteiger partial charge on any atom is 0.348 e. The molecule has 0 aliphatic rings. The molecule has 1 atom stereocenters. The summed E-state index contributed by atoms with van der Waals surface area (Å²) in [5.41, 5.74) is 1.30. The minimum atomic E-state index is -0.622. The summed E-state index contributed by atoms with van der Waals surface area (Å²) >= 11 is 0. The largest absolute Gasteiger partial charge is 0.467 e. The second kappa shape index (κ2) is 8.08. The molecule has 0 saturated heterocycles. The Labute approximate surface area is 132 Å². The molecule has 1 aromatic rings. The summed E-state index contributed by atoms with van der Waals surface area (Å²) in [5, 5.41) is 0. The minimum Gasteiger partial charge on any atom is -0.467 e. The Kier molecular flexibility index (Phi) is 6.74. The smallest absolute Gasteiger partial charge is 0.348 e. The topological polar surface area (TPSA) is 64.4 Å². The molecule has 0 bridgehead atoms. The maximum atomic E-state index is 12.2. The number of carbonyl (C=O) groups excluding carboxylic acids is 1. The lowest BCUT2D eigenvalue weighted by molar-refractivity contribution is -0.145. The predicted octanol–water partition coefficient (Wildman–Crippen LogP) is 1.42. The first-order chi connectivity index (χ1) is 10.3. The van der Waals surface area contributed by atoms with Gasteiger partial charge in [0.2, 0.25) is 0 Å². The fourth-order valence-electron chi connectivity index (χ4n) is 2.31. The van der Waals surface area contributed by atoms with E-state index in [1.807, 2.05) is 34.9 Å². The Hall–Kier alpha value is -1.69. The van der Waals surface area contributed by atoms with Gasteiger partial charge in [0.1, 0.15) is 6.04 Å². The van der Waals surface area contributed by atoms with Gasteiger partial charge in [0.05, 0.1) is 7.11 Å². The summed E-state index contributed by atoms with van der Waals surface area (Å²) in [5.74, 6) is -0.137. The van der Waals surface area contributed by atoms with Crippen molar-refractivity contribution in [2.24, 2.45) is 5.92 Å². The summed E-state index contributed by atoms with van der Waals surface area (Å²) in [6.07, 6.45) is 3.09. The third kappa shape index (κ3) is 4.94. The molecule has 0 spiro atoms. The number of rotatable bonds is 7. The minimum absolute atomic E-state index is 0.266. The molecule has 0 radical (unpaired) electrons. The molecular weight excluding hydrogens is 282 g/mol. The number of ether oxygens (including phenoxy) is 1. The summed E-state index contributed by atoms with van der Waals surface area (Å²) in [7, 11) is 5.33. The lowest BCUT2D eigenvalue weighted by Gasteiger charge is -2.20. The van der Waals surface area contributed by atoms with Gasteiger partial charge in [0.15, 0.2) is 0 Å². The van der Waals surface area contributed by atoms with Crippen molar-refractivity contribution in [1.29, 1.82) is 0 Å². The van der Waals surface area contributed by atoms with Crippen molar-refractivity contribution in [3.63, 3.8) is 0 Å². The van der Waals surface area contributed by atoms with Gasteiger partial charge < -0.3 is 9.64 Å². The molecule has 0 unspecified atom stereocenters. The molecule has 0 saturated carbocycles. The number of hydrogen-bond donors (Lipinski definition) is 0. The molecule has 1 aromatic heterocycles. The van der Waals surface area contributed by atoms with Crippen LogP contribution in [0.25, 0.3) is 0 Å². The zero-order valence-electron chi connectivity index (χ0n) is 14.4. The van der Waals surface area contributed by atoms with Crippen LogP contribution in [0.1, 0.15) is 37.6 Å². The number of esters is 1. The number of aromatic nitrogens is 2. The Morgan fingerprint density at radius 2 is 2.05 bits per heavy atom. The Morgan fingerprint density at radius 3 is 2.55 bits per heavy atom. The van der Waals surface area contributed by atoms with Crippen molar-refractivity contribution in [2.75, 3.05) is 27.7 Å². The van der Waals surface area contributed by atoms with Crippen LogP contribution < -0.4 is 5.69 Å². The average molecular weight is 309 g/mol. The molecule has 0 N–H and O–H groups in total. The first kappa shape index (κ1) is 18.4. The van der Waals surface area contributed by atoms with Gasteiger partial charge in [-0.3, -0.25) is 4.57 Å². The summed E-state index contributed by atoms with van der Waals surface area (Å²) in [6.45, 7) is 6.70. The third-order valence-corrected chi connectivity index (χ3v) is 3.58. The van der Waals surface area contributed by atoms with Crippen LogP contribution in [0.3, 0.4) is 0 Å². The van der Waals surface area contributed by atoms with Crippen LogP contribution in [0.15, 0.2) is 11.0 Å². The van der Waals surface area contributed by atoms with Gasteiger partial charge >= 0.3 is 11.7 Å². The van der Waals surface area contributed by atoms with E-state index < -0.39 is 17.7 Å². The second-order valence-corrected chi connectivity index (χ2v) is 6.26. The molecular formula is C16H27N3O3. The molecule has 0 aromatic carbocycles. The number of nitrogens with zero attached hydrogens (tertiary/aromatic N) is 3. The fraction of sp³-hybridized carbons (Fsp3) is 0.688. The Balaban J connectivity index is 3.21. The normalized spacial score (nSPS) is 12.7. The lowest BCUT2D eigenvalue weighted by Crippen LogP contribution is -2.34. The molecule has 1 rings (SSSR count). The maximum absolute atomic E-state index is 12.2. The quantitative estimate of drug-likeness (QED) is 0.713. The van der Waals surface area contributed by atoms with Crippen LogP contribution in [0.4, 0.5) is 0 Å². The highest BCUT2D eigenvalue weighted by Gasteiger charge is 2.24. The van der Waals surface area contributed by atoms with Crippen LogP contribution >= 0.6 is 0 Å². The van der Waals surface area contributed by atoms with E-state index in [-0.39, 0.29) is 5.92 Å². The van der Waals surface area contributed by atoms with Gasteiger partial charge in [-0.2, -0.15) is 4.98 Å². The molecule has 22 heavy (non-hydrogen) atoms. The molecule has 6 nitrogen and oxygen atoms in total. The molecule has 0 amide bonds. The first-order valence-corrected chi connectivity index (χ1v) is 7.57. The fourth-order valence-corrected chi connectivity index (χ4v) is 2.31. The second-order valence-electron chi connectivity index (χ2n) is 6.26. The molecule has 124 valence electrons. The van der Waals surface area contributed by atoms with Gasteiger partial charge in [-0.15, -0.1) is 0 Å². The third-order valence-electron chi connectivity index (χ3n) is 3.58. The van der Waals surface area contributed by atoms with Crippen molar-refractivity contribution >= 4 is 5.97 Å². The van der Waals surface area contributed by atoms with E-state index in [1.54, 1.807) is 6.20 Å².